The number of hydrogen-bond acceptors (Lipinski definition) is 5. The molecule has 10 heteroatoms. The predicted molar refractivity (Wildman–Crippen MR) is 109 cm³/mol. The zero-order chi connectivity index (χ0) is 22.2. The van der Waals surface area contributed by atoms with Crippen molar-refractivity contribution in [2.75, 3.05) is 7.05 Å². The number of aromatic nitrogens is 5. The third-order valence-corrected chi connectivity index (χ3v) is 5.28. The molecule has 1 aliphatic rings. The number of aldehydes is 1. The van der Waals surface area contributed by atoms with E-state index in [1.165, 1.54) is 7.05 Å². The van der Waals surface area contributed by atoms with Crippen LogP contribution >= 0.6 is 0 Å². The van der Waals surface area contributed by atoms with Gasteiger partial charge in [0.15, 0.2) is 11.9 Å². The molecule has 1 N–H and O–H groups in total. The number of aryl methyl sites for hydroxylation is 1. The van der Waals surface area contributed by atoms with E-state index in [1.807, 2.05) is 41.9 Å². The van der Waals surface area contributed by atoms with Crippen molar-refractivity contribution in [1.82, 2.24) is 29.1 Å². The third-order valence-electron chi connectivity index (χ3n) is 5.28. The van der Waals surface area contributed by atoms with E-state index in [1.54, 1.807) is 16.9 Å². The van der Waals surface area contributed by atoms with Crippen molar-refractivity contribution in [2.24, 2.45) is 5.92 Å². The molecule has 0 amide bonds. The number of alkyl halides is 3. The van der Waals surface area contributed by atoms with Gasteiger partial charge in [-0.1, -0.05) is 0 Å². The average molecular weight is 430 g/mol. The Morgan fingerprint density at radius 1 is 1.23 bits per heavy atom. The summed E-state index contributed by atoms with van der Waals surface area (Å²) in [7, 11) is 1.36. The lowest BCUT2D eigenvalue weighted by molar-refractivity contribution is -0.159. The van der Waals surface area contributed by atoms with E-state index in [0.29, 0.717) is 24.2 Å². The molecule has 162 valence electrons. The fourth-order valence-electron chi connectivity index (χ4n) is 3.60. The minimum atomic E-state index is -4.06. The van der Waals surface area contributed by atoms with Crippen LogP contribution in [0.5, 0.6) is 0 Å². The minimum Gasteiger partial charge on any atom is -0.309 e. The molecule has 0 aromatic carbocycles. The number of nitrogens with one attached hydrogen (secondary N) is 1. The van der Waals surface area contributed by atoms with Crippen molar-refractivity contribution in [3.05, 3.63) is 54.5 Å². The van der Waals surface area contributed by atoms with Crippen LogP contribution < -0.4 is 5.32 Å². The molecule has 1 saturated carbocycles. The van der Waals surface area contributed by atoms with E-state index in [4.69, 9.17) is 0 Å². The topological polar surface area (TPSA) is 76.6 Å². The Morgan fingerprint density at radius 2 is 2.00 bits per heavy atom. The molecular formula is C21H21F3N6O. The summed E-state index contributed by atoms with van der Waals surface area (Å²) in [5.41, 5.74) is 4.42. The number of hydrogen-bond donors (Lipinski definition) is 1. The lowest BCUT2D eigenvalue weighted by Crippen LogP contribution is -2.41. The van der Waals surface area contributed by atoms with Gasteiger partial charge in [-0.05, 0) is 50.9 Å². The standard InChI is InChI=1S/C15H11N5O.C6H10F3N/c1-10-7-12(18-15-13(8-21)17-9-20(10)15)11-3-6-19-5-2-4-16-14(11)19;1-10-5(4-2-3-4)6(7,8)9/h2-9H,1H3;4-5,10H,2-3H2,1H3. The van der Waals surface area contributed by atoms with Gasteiger partial charge < -0.3 is 9.72 Å². The number of imidazole rings is 1. The fraction of sp³-hybridized carbons (Fsp3) is 0.333. The van der Waals surface area contributed by atoms with Crippen molar-refractivity contribution < 1.29 is 18.0 Å². The number of carbonyl (C=O) groups is 1. The molecule has 0 spiro atoms. The summed E-state index contributed by atoms with van der Waals surface area (Å²) in [5.74, 6) is -0.162. The van der Waals surface area contributed by atoms with Crippen LogP contribution in [0.3, 0.4) is 0 Å². The first kappa shape index (κ1) is 21.0. The summed E-state index contributed by atoms with van der Waals surface area (Å²) in [6.07, 6.45) is 5.33. The Bertz CT molecular complexity index is 1230. The van der Waals surface area contributed by atoms with Gasteiger partial charge in [0.05, 0.1) is 5.69 Å². The van der Waals surface area contributed by atoms with Crippen molar-refractivity contribution in [1.29, 1.82) is 0 Å². The maximum atomic E-state index is 11.9. The van der Waals surface area contributed by atoms with E-state index in [9.17, 15) is 18.0 Å². The fourth-order valence-corrected chi connectivity index (χ4v) is 3.60. The Labute approximate surface area is 176 Å². The van der Waals surface area contributed by atoms with E-state index >= 15 is 0 Å². The Hall–Kier alpha value is -3.27. The van der Waals surface area contributed by atoms with E-state index in [0.717, 1.165) is 28.9 Å². The lowest BCUT2D eigenvalue weighted by atomic mass is 10.2. The Morgan fingerprint density at radius 3 is 2.61 bits per heavy atom. The highest BCUT2D eigenvalue weighted by Crippen LogP contribution is 2.39. The van der Waals surface area contributed by atoms with E-state index in [-0.39, 0.29) is 5.92 Å². The van der Waals surface area contributed by atoms with Crippen LogP contribution in [0, 0.1) is 12.8 Å². The van der Waals surface area contributed by atoms with Crippen LogP contribution in [0.2, 0.25) is 0 Å². The first-order chi connectivity index (χ1) is 14.8. The number of carbonyl (C=O) groups excluding carboxylic acids is 1. The molecule has 4 aromatic heterocycles. The van der Waals surface area contributed by atoms with Crippen LogP contribution in [-0.2, 0) is 0 Å². The number of fused-ring (bicyclic) bond motifs is 2. The van der Waals surface area contributed by atoms with Gasteiger partial charge in [-0.3, -0.25) is 9.20 Å². The molecule has 7 nitrogen and oxygen atoms in total. The first-order valence-electron chi connectivity index (χ1n) is 9.79. The van der Waals surface area contributed by atoms with Crippen LogP contribution in [-0.4, -0.2) is 49.3 Å². The Balaban J connectivity index is 0.000000196. The molecule has 1 unspecified atom stereocenters. The van der Waals surface area contributed by atoms with Crippen molar-refractivity contribution in [2.45, 2.75) is 32.0 Å². The van der Waals surface area contributed by atoms with Gasteiger partial charge in [-0.15, -0.1) is 0 Å². The molecule has 0 bridgehead atoms. The molecule has 4 aromatic rings. The van der Waals surface area contributed by atoms with Gasteiger partial charge in [0.25, 0.3) is 0 Å². The summed E-state index contributed by atoms with van der Waals surface area (Å²) in [5, 5.41) is 2.28. The summed E-state index contributed by atoms with van der Waals surface area (Å²) < 4.78 is 39.6. The number of rotatable bonds is 4. The summed E-state index contributed by atoms with van der Waals surface area (Å²) >= 11 is 0. The molecular weight excluding hydrogens is 409 g/mol. The smallest absolute Gasteiger partial charge is 0.309 e. The van der Waals surface area contributed by atoms with Crippen LogP contribution in [0.15, 0.2) is 43.1 Å². The molecule has 31 heavy (non-hydrogen) atoms. The molecule has 5 rings (SSSR count). The molecule has 0 aliphatic heterocycles. The zero-order valence-corrected chi connectivity index (χ0v) is 17.0. The number of halogens is 3. The van der Waals surface area contributed by atoms with Gasteiger partial charge in [-0.25, -0.2) is 15.0 Å². The highest BCUT2D eigenvalue weighted by molar-refractivity contribution is 5.83. The molecule has 1 fully saturated rings. The summed E-state index contributed by atoms with van der Waals surface area (Å²) in [6.45, 7) is 1.96. The van der Waals surface area contributed by atoms with E-state index in [2.05, 4.69) is 20.3 Å². The molecule has 4 heterocycles. The SMILES string of the molecule is CNC(C1CC1)C(F)(F)F.Cc1cc(-c2ccn3cccnc23)nc2c(C=O)ncn12. The van der Waals surface area contributed by atoms with Gasteiger partial charge >= 0.3 is 6.18 Å². The third kappa shape index (κ3) is 4.15. The Kier molecular flexibility index (Phi) is 5.48. The van der Waals surface area contributed by atoms with Crippen LogP contribution in [0.4, 0.5) is 13.2 Å². The van der Waals surface area contributed by atoms with E-state index < -0.39 is 12.2 Å². The average Bonchev–Trinajstić information content (AvgIpc) is 3.31. The second-order valence-corrected chi connectivity index (χ2v) is 7.45. The maximum absolute atomic E-state index is 11.9. The lowest BCUT2D eigenvalue weighted by Gasteiger charge is -2.18. The highest BCUT2D eigenvalue weighted by atomic mass is 19.4. The largest absolute Gasteiger partial charge is 0.404 e. The van der Waals surface area contributed by atoms with Gasteiger partial charge in [0.2, 0.25) is 0 Å². The van der Waals surface area contributed by atoms with Crippen molar-refractivity contribution in [3.63, 3.8) is 0 Å². The van der Waals surface area contributed by atoms with Crippen LogP contribution in [0.25, 0.3) is 22.6 Å². The van der Waals surface area contributed by atoms with Gasteiger partial charge in [0.1, 0.15) is 23.7 Å². The summed E-state index contributed by atoms with van der Waals surface area (Å²) in [4.78, 5) is 24.1. The quantitative estimate of drug-likeness (QED) is 0.500. The molecule has 1 aliphatic carbocycles. The maximum Gasteiger partial charge on any atom is 0.404 e. The minimum absolute atomic E-state index is 0.162. The number of nitrogens with zero attached hydrogens (tertiary/aromatic N) is 5. The van der Waals surface area contributed by atoms with Gasteiger partial charge in [0, 0.05) is 29.8 Å². The van der Waals surface area contributed by atoms with Gasteiger partial charge in [-0.2, -0.15) is 13.2 Å². The zero-order valence-electron chi connectivity index (χ0n) is 17.0. The second-order valence-electron chi connectivity index (χ2n) is 7.45. The summed E-state index contributed by atoms with van der Waals surface area (Å²) in [6, 6.07) is 4.54. The molecule has 1 atom stereocenters. The van der Waals surface area contributed by atoms with Crippen molar-refractivity contribution >= 4 is 17.6 Å². The second kappa shape index (κ2) is 8.10. The highest BCUT2D eigenvalue weighted by Gasteiger charge is 2.47. The van der Waals surface area contributed by atoms with Crippen molar-refractivity contribution in [3.8, 4) is 11.3 Å². The normalized spacial score (nSPS) is 15.0. The van der Waals surface area contributed by atoms with Crippen LogP contribution in [0.1, 0.15) is 29.0 Å². The monoisotopic (exact) mass is 430 g/mol. The molecule has 0 saturated heterocycles. The predicted octanol–water partition coefficient (Wildman–Crippen LogP) is 3.71. The first-order valence-corrected chi connectivity index (χ1v) is 9.79. The molecule has 0 radical (unpaired) electrons.